The number of likely N-dealkylation sites (tertiary alicyclic amines) is 1. The number of rotatable bonds is 6. The molecule has 2 heterocycles. The summed E-state index contributed by atoms with van der Waals surface area (Å²) >= 11 is 2.00. The molecule has 1 atom stereocenters. The summed E-state index contributed by atoms with van der Waals surface area (Å²) in [5.74, 6) is 2.27. The summed E-state index contributed by atoms with van der Waals surface area (Å²) in [6.07, 6.45) is 2.35. The number of carbonyl (C=O) groups is 2. The van der Waals surface area contributed by atoms with Crippen LogP contribution in [0.3, 0.4) is 0 Å². The van der Waals surface area contributed by atoms with E-state index < -0.39 is 6.04 Å². The van der Waals surface area contributed by atoms with E-state index in [0.717, 1.165) is 43.7 Å². The summed E-state index contributed by atoms with van der Waals surface area (Å²) in [7, 11) is 0. The molecule has 0 bridgehead atoms. The fourth-order valence-electron chi connectivity index (χ4n) is 4.18. The number of hydrogen-bond acceptors (Lipinski definition) is 4. The zero-order chi connectivity index (χ0) is 20.8. The molecule has 0 aromatic heterocycles. The van der Waals surface area contributed by atoms with Crippen molar-refractivity contribution < 1.29 is 9.59 Å². The highest BCUT2D eigenvalue weighted by molar-refractivity contribution is 7.99. The lowest BCUT2D eigenvalue weighted by Crippen LogP contribution is -2.43. The van der Waals surface area contributed by atoms with E-state index in [1.807, 2.05) is 54.2 Å². The van der Waals surface area contributed by atoms with E-state index in [-0.39, 0.29) is 11.8 Å². The minimum Gasteiger partial charge on any atom is -0.327 e. The normalized spacial score (nSPS) is 18.8. The van der Waals surface area contributed by atoms with Crippen LogP contribution < -0.4 is 5.32 Å². The van der Waals surface area contributed by atoms with Crippen LogP contribution in [0.5, 0.6) is 0 Å². The minimum absolute atomic E-state index is 0.0574. The van der Waals surface area contributed by atoms with E-state index >= 15 is 0 Å². The molecule has 4 rings (SSSR count). The second-order valence-corrected chi connectivity index (χ2v) is 9.16. The van der Waals surface area contributed by atoms with Crippen molar-refractivity contribution in [1.82, 2.24) is 9.80 Å². The van der Waals surface area contributed by atoms with E-state index in [1.54, 1.807) is 4.90 Å². The van der Waals surface area contributed by atoms with Crippen LogP contribution in [0.15, 0.2) is 54.6 Å². The average Bonchev–Trinajstić information content (AvgIpc) is 2.77. The Bertz CT molecular complexity index is 868. The van der Waals surface area contributed by atoms with Gasteiger partial charge in [-0.05, 0) is 36.1 Å². The monoisotopic (exact) mass is 423 g/mol. The first-order valence-corrected chi connectivity index (χ1v) is 11.9. The molecule has 2 saturated heterocycles. The zero-order valence-corrected chi connectivity index (χ0v) is 18.1. The SMILES string of the molecule is O=C(Nc1cccc(CN2CCSCC2)c1)C(c1ccccc1)N1CCCCC1=O. The number of amides is 2. The highest BCUT2D eigenvalue weighted by Crippen LogP contribution is 2.27. The third-order valence-corrected chi connectivity index (χ3v) is 6.68. The van der Waals surface area contributed by atoms with Gasteiger partial charge in [0.25, 0.3) is 5.91 Å². The van der Waals surface area contributed by atoms with Crippen molar-refractivity contribution in [2.24, 2.45) is 0 Å². The van der Waals surface area contributed by atoms with Gasteiger partial charge in [0.1, 0.15) is 6.04 Å². The Labute approximate surface area is 182 Å². The van der Waals surface area contributed by atoms with Crippen LogP contribution in [0.4, 0.5) is 5.69 Å². The smallest absolute Gasteiger partial charge is 0.251 e. The number of nitrogens with zero attached hydrogens (tertiary/aromatic N) is 2. The van der Waals surface area contributed by atoms with Gasteiger partial charge >= 0.3 is 0 Å². The molecular weight excluding hydrogens is 394 g/mol. The number of nitrogens with one attached hydrogen (secondary N) is 1. The maximum atomic E-state index is 13.3. The Hall–Kier alpha value is -2.31. The third-order valence-electron chi connectivity index (χ3n) is 5.74. The number of carbonyl (C=O) groups excluding carboxylic acids is 2. The Morgan fingerprint density at radius 3 is 2.57 bits per heavy atom. The van der Waals surface area contributed by atoms with Crippen LogP contribution in [-0.4, -0.2) is 52.8 Å². The fourth-order valence-corrected chi connectivity index (χ4v) is 5.16. The van der Waals surface area contributed by atoms with Gasteiger partial charge in [0.15, 0.2) is 0 Å². The molecule has 0 aliphatic carbocycles. The van der Waals surface area contributed by atoms with Gasteiger partial charge in [-0.1, -0.05) is 42.5 Å². The predicted octanol–water partition coefficient (Wildman–Crippen LogP) is 3.93. The number of thioether (sulfide) groups is 1. The fraction of sp³-hybridized carbons (Fsp3) is 0.417. The van der Waals surface area contributed by atoms with Gasteiger partial charge in [0.2, 0.25) is 5.91 Å². The number of piperidine rings is 1. The number of anilines is 1. The summed E-state index contributed by atoms with van der Waals surface area (Å²) in [6.45, 7) is 3.73. The second-order valence-electron chi connectivity index (χ2n) is 7.94. The van der Waals surface area contributed by atoms with Gasteiger partial charge in [-0.3, -0.25) is 14.5 Å². The summed E-state index contributed by atoms with van der Waals surface area (Å²) < 4.78 is 0. The first kappa shape index (κ1) is 20.9. The van der Waals surface area contributed by atoms with E-state index in [9.17, 15) is 9.59 Å². The molecule has 2 aliphatic rings. The Kier molecular flexibility index (Phi) is 7.07. The molecule has 0 spiro atoms. The molecule has 2 aromatic carbocycles. The highest BCUT2D eigenvalue weighted by Gasteiger charge is 2.32. The summed E-state index contributed by atoms with van der Waals surface area (Å²) in [6, 6.07) is 17.1. The van der Waals surface area contributed by atoms with E-state index in [0.29, 0.717) is 13.0 Å². The lowest BCUT2D eigenvalue weighted by Gasteiger charge is -2.34. The summed E-state index contributed by atoms with van der Waals surface area (Å²) in [5.41, 5.74) is 2.84. The molecule has 2 aliphatic heterocycles. The third kappa shape index (κ3) is 5.24. The average molecular weight is 424 g/mol. The lowest BCUT2D eigenvalue weighted by atomic mass is 10.0. The maximum Gasteiger partial charge on any atom is 0.251 e. The van der Waals surface area contributed by atoms with Crippen molar-refractivity contribution in [3.05, 3.63) is 65.7 Å². The number of hydrogen-bond donors (Lipinski definition) is 1. The molecule has 2 fully saturated rings. The molecule has 2 aromatic rings. The maximum absolute atomic E-state index is 13.3. The van der Waals surface area contributed by atoms with Crippen LogP contribution in [-0.2, 0) is 16.1 Å². The van der Waals surface area contributed by atoms with E-state index in [1.165, 1.54) is 17.1 Å². The first-order valence-electron chi connectivity index (χ1n) is 10.7. The molecule has 2 amide bonds. The highest BCUT2D eigenvalue weighted by atomic mass is 32.2. The molecule has 158 valence electrons. The van der Waals surface area contributed by atoms with Crippen molar-refractivity contribution in [3.63, 3.8) is 0 Å². The molecule has 1 unspecified atom stereocenters. The molecule has 0 radical (unpaired) electrons. The van der Waals surface area contributed by atoms with Crippen LogP contribution in [0, 0.1) is 0 Å². The van der Waals surface area contributed by atoms with Crippen molar-refractivity contribution in [1.29, 1.82) is 0 Å². The van der Waals surface area contributed by atoms with Crippen molar-refractivity contribution in [2.75, 3.05) is 36.5 Å². The summed E-state index contributed by atoms with van der Waals surface area (Å²) in [5, 5.41) is 3.08. The minimum atomic E-state index is -0.596. The van der Waals surface area contributed by atoms with Gasteiger partial charge in [-0.25, -0.2) is 0 Å². The van der Waals surface area contributed by atoms with Crippen molar-refractivity contribution >= 4 is 29.3 Å². The van der Waals surface area contributed by atoms with Crippen LogP contribution >= 0.6 is 11.8 Å². The zero-order valence-electron chi connectivity index (χ0n) is 17.3. The lowest BCUT2D eigenvalue weighted by molar-refractivity contribution is -0.141. The standard InChI is InChI=1S/C24H29N3O2S/c28-22-11-4-5-12-27(22)23(20-8-2-1-3-9-20)24(29)25-21-10-6-7-19(17-21)18-26-13-15-30-16-14-26/h1-3,6-10,17,23H,4-5,11-16,18H2,(H,25,29). The Morgan fingerprint density at radius 2 is 1.80 bits per heavy atom. The molecule has 5 nitrogen and oxygen atoms in total. The van der Waals surface area contributed by atoms with Crippen molar-refractivity contribution in [3.8, 4) is 0 Å². The van der Waals surface area contributed by atoms with E-state index in [4.69, 9.17) is 0 Å². The molecular formula is C24H29N3O2S. The van der Waals surface area contributed by atoms with Gasteiger partial charge < -0.3 is 10.2 Å². The van der Waals surface area contributed by atoms with Gasteiger partial charge in [0, 0.05) is 49.8 Å². The largest absolute Gasteiger partial charge is 0.327 e. The first-order chi connectivity index (χ1) is 14.7. The van der Waals surface area contributed by atoms with Crippen LogP contribution in [0.1, 0.15) is 36.4 Å². The van der Waals surface area contributed by atoms with Crippen LogP contribution in [0.2, 0.25) is 0 Å². The van der Waals surface area contributed by atoms with E-state index in [2.05, 4.69) is 22.3 Å². The molecule has 6 heteroatoms. The van der Waals surface area contributed by atoms with Gasteiger partial charge in [-0.2, -0.15) is 11.8 Å². The Balaban J connectivity index is 1.51. The Morgan fingerprint density at radius 1 is 1.00 bits per heavy atom. The predicted molar refractivity (Wildman–Crippen MR) is 122 cm³/mol. The number of benzene rings is 2. The summed E-state index contributed by atoms with van der Waals surface area (Å²) in [4.78, 5) is 30.1. The molecule has 0 saturated carbocycles. The van der Waals surface area contributed by atoms with Crippen LogP contribution in [0.25, 0.3) is 0 Å². The second kappa shape index (κ2) is 10.1. The molecule has 1 N–H and O–H groups in total. The van der Waals surface area contributed by atoms with Gasteiger partial charge in [0.05, 0.1) is 0 Å². The topological polar surface area (TPSA) is 52.7 Å². The molecule has 30 heavy (non-hydrogen) atoms. The van der Waals surface area contributed by atoms with Gasteiger partial charge in [-0.15, -0.1) is 0 Å². The quantitative estimate of drug-likeness (QED) is 0.765. The van der Waals surface area contributed by atoms with Crippen molar-refractivity contribution in [2.45, 2.75) is 31.8 Å².